The number of ether oxygens (including phenoxy) is 1. The molecule has 1 saturated heterocycles. The van der Waals surface area contributed by atoms with E-state index in [1.54, 1.807) is 6.20 Å². The van der Waals surface area contributed by atoms with Gasteiger partial charge in [-0.05, 0) is 42.5 Å². The first-order valence-electron chi connectivity index (χ1n) is 10.3. The van der Waals surface area contributed by atoms with Crippen LogP contribution in [0.4, 0.5) is 0 Å². The van der Waals surface area contributed by atoms with E-state index in [2.05, 4.69) is 10.3 Å². The maximum absolute atomic E-state index is 13.0. The van der Waals surface area contributed by atoms with Crippen LogP contribution < -0.4 is 5.32 Å². The van der Waals surface area contributed by atoms with Gasteiger partial charge in [0.2, 0.25) is 5.91 Å². The fourth-order valence-corrected chi connectivity index (χ4v) is 3.89. The molecule has 6 heteroatoms. The molecule has 0 bridgehead atoms. The van der Waals surface area contributed by atoms with Gasteiger partial charge in [0.1, 0.15) is 0 Å². The minimum absolute atomic E-state index is 0.138. The van der Waals surface area contributed by atoms with Gasteiger partial charge in [-0.25, -0.2) is 0 Å². The van der Waals surface area contributed by atoms with Crippen LogP contribution in [0.2, 0.25) is 0 Å². The highest BCUT2D eigenvalue weighted by Gasteiger charge is 2.46. The largest absolute Gasteiger partial charge is 0.361 e. The van der Waals surface area contributed by atoms with E-state index in [9.17, 15) is 9.59 Å². The second-order valence-corrected chi connectivity index (χ2v) is 7.85. The molecule has 0 spiro atoms. The zero-order valence-corrected chi connectivity index (χ0v) is 16.8. The number of hydrogen-bond acceptors (Lipinski definition) is 4. The summed E-state index contributed by atoms with van der Waals surface area (Å²) in [6.45, 7) is 3.66. The van der Waals surface area contributed by atoms with Gasteiger partial charge >= 0.3 is 0 Å². The maximum Gasteiger partial charge on any atom is 0.254 e. The molecule has 2 aliphatic rings. The third-order valence-electron chi connectivity index (χ3n) is 5.61. The van der Waals surface area contributed by atoms with E-state index in [-0.39, 0.29) is 17.7 Å². The van der Waals surface area contributed by atoms with Crippen molar-refractivity contribution >= 4 is 11.8 Å². The lowest BCUT2D eigenvalue weighted by Crippen LogP contribution is -2.62. The molecule has 1 saturated carbocycles. The van der Waals surface area contributed by atoms with Crippen molar-refractivity contribution in [2.75, 3.05) is 26.2 Å². The number of hydrogen-bond donors (Lipinski definition) is 1. The zero-order valence-electron chi connectivity index (χ0n) is 16.8. The van der Waals surface area contributed by atoms with Gasteiger partial charge in [0.25, 0.3) is 5.91 Å². The number of nitrogens with one attached hydrogen (secondary N) is 1. The highest BCUT2D eigenvalue weighted by Crippen LogP contribution is 2.33. The van der Waals surface area contributed by atoms with Gasteiger partial charge in [-0.2, -0.15) is 0 Å². The first kappa shape index (κ1) is 19.6. The molecule has 4 rings (SSSR count). The molecule has 152 valence electrons. The summed E-state index contributed by atoms with van der Waals surface area (Å²) < 4.78 is 6.06. The van der Waals surface area contributed by atoms with Crippen LogP contribution in [0.15, 0.2) is 48.8 Å². The van der Waals surface area contributed by atoms with E-state index in [1.807, 2.05) is 54.4 Å². The normalized spacial score (nSPS) is 21.6. The summed E-state index contributed by atoms with van der Waals surface area (Å²) in [6.07, 6.45) is 5.93. The van der Waals surface area contributed by atoms with Gasteiger partial charge < -0.3 is 15.0 Å². The van der Waals surface area contributed by atoms with E-state index in [1.165, 1.54) is 0 Å². The Morgan fingerprint density at radius 2 is 2.00 bits per heavy atom. The Balaban J connectivity index is 1.55. The Kier molecular flexibility index (Phi) is 5.62. The molecule has 29 heavy (non-hydrogen) atoms. The Labute approximate surface area is 171 Å². The summed E-state index contributed by atoms with van der Waals surface area (Å²) in [5.41, 5.74) is 2.08. The summed E-state index contributed by atoms with van der Waals surface area (Å²) in [5.74, 6) is 0.150. The Morgan fingerprint density at radius 1 is 1.21 bits per heavy atom. The second kappa shape index (κ2) is 8.33. The fourth-order valence-electron chi connectivity index (χ4n) is 3.89. The highest BCUT2D eigenvalue weighted by atomic mass is 16.5. The predicted octanol–water partition coefficient (Wildman–Crippen LogP) is 2.43. The minimum Gasteiger partial charge on any atom is -0.361 e. The van der Waals surface area contributed by atoms with Crippen molar-refractivity contribution in [1.82, 2.24) is 15.2 Å². The quantitative estimate of drug-likeness (QED) is 0.818. The SMILES string of the molecule is CCNC(=O)C1(Cc2ccc(-c3cccnc3)cc2)CN(C(=O)C2CC2)CCO1. The molecular formula is C23H27N3O3. The number of aromatic nitrogens is 1. The number of benzene rings is 1. The molecule has 1 unspecified atom stereocenters. The number of nitrogens with zero attached hydrogens (tertiary/aromatic N) is 2. The van der Waals surface area contributed by atoms with Gasteiger partial charge in [0, 0.05) is 37.8 Å². The van der Waals surface area contributed by atoms with E-state index in [4.69, 9.17) is 4.74 Å². The maximum atomic E-state index is 13.0. The second-order valence-electron chi connectivity index (χ2n) is 7.85. The number of morpholine rings is 1. The van der Waals surface area contributed by atoms with E-state index < -0.39 is 5.60 Å². The average molecular weight is 393 g/mol. The van der Waals surface area contributed by atoms with Crippen LogP contribution in [-0.2, 0) is 20.7 Å². The lowest BCUT2D eigenvalue weighted by Gasteiger charge is -2.41. The first-order valence-corrected chi connectivity index (χ1v) is 10.3. The molecule has 1 atom stereocenters. The number of carbonyl (C=O) groups excluding carboxylic acids is 2. The summed E-state index contributed by atoms with van der Waals surface area (Å²) in [7, 11) is 0. The predicted molar refractivity (Wildman–Crippen MR) is 110 cm³/mol. The van der Waals surface area contributed by atoms with Crippen molar-refractivity contribution in [2.45, 2.75) is 31.8 Å². The molecule has 1 aromatic carbocycles. The lowest BCUT2D eigenvalue weighted by molar-refractivity contribution is -0.166. The average Bonchev–Trinajstić information content (AvgIpc) is 3.60. The zero-order chi connectivity index (χ0) is 20.3. The van der Waals surface area contributed by atoms with E-state index >= 15 is 0 Å². The molecule has 1 N–H and O–H groups in total. The van der Waals surface area contributed by atoms with Crippen LogP contribution in [0, 0.1) is 5.92 Å². The van der Waals surface area contributed by atoms with Crippen LogP contribution >= 0.6 is 0 Å². The molecule has 2 aromatic rings. The standard InChI is InChI=1S/C23H27N3O3/c1-2-25-22(28)23(16-26(12-13-29-23)21(27)19-9-10-19)14-17-5-7-18(8-6-17)20-4-3-11-24-15-20/h3-8,11,15,19H,2,9-10,12-14,16H2,1H3,(H,25,28). The van der Waals surface area contributed by atoms with Crippen molar-refractivity contribution < 1.29 is 14.3 Å². The van der Waals surface area contributed by atoms with Gasteiger partial charge in [0.05, 0.1) is 13.2 Å². The topological polar surface area (TPSA) is 71.5 Å². The molecule has 1 aliphatic heterocycles. The van der Waals surface area contributed by atoms with Gasteiger partial charge in [-0.15, -0.1) is 0 Å². The summed E-state index contributed by atoms with van der Waals surface area (Å²) in [4.78, 5) is 31.6. The van der Waals surface area contributed by atoms with Gasteiger partial charge in [0.15, 0.2) is 5.60 Å². The minimum atomic E-state index is -1.05. The Hall–Kier alpha value is -2.73. The molecular weight excluding hydrogens is 366 g/mol. The summed E-state index contributed by atoms with van der Waals surface area (Å²) in [5, 5.41) is 2.91. The van der Waals surface area contributed by atoms with Crippen LogP contribution in [-0.4, -0.2) is 53.5 Å². The first-order chi connectivity index (χ1) is 14.1. The highest BCUT2D eigenvalue weighted by molar-refractivity contribution is 5.88. The smallest absolute Gasteiger partial charge is 0.254 e. The van der Waals surface area contributed by atoms with Crippen LogP contribution in [0.3, 0.4) is 0 Å². The molecule has 1 aliphatic carbocycles. The van der Waals surface area contributed by atoms with Crippen molar-refractivity contribution in [3.63, 3.8) is 0 Å². The number of carbonyl (C=O) groups is 2. The van der Waals surface area contributed by atoms with Crippen molar-refractivity contribution in [1.29, 1.82) is 0 Å². The Morgan fingerprint density at radius 3 is 2.66 bits per heavy atom. The molecule has 2 heterocycles. The van der Waals surface area contributed by atoms with Crippen molar-refractivity contribution in [2.24, 2.45) is 5.92 Å². The van der Waals surface area contributed by atoms with Crippen molar-refractivity contribution in [3.8, 4) is 11.1 Å². The van der Waals surface area contributed by atoms with Gasteiger partial charge in [-0.3, -0.25) is 14.6 Å². The fraction of sp³-hybridized carbons (Fsp3) is 0.435. The van der Waals surface area contributed by atoms with E-state index in [0.717, 1.165) is 29.5 Å². The summed E-state index contributed by atoms with van der Waals surface area (Å²) in [6, 6.07) is 12.0. The molecule has 1 aromatic heterocycles. The van der Waals surface area contributed by atoms with Gasteiger partial charge in [-0.1, -0.05) is 30.3 Å². The molecule has 6 nitrogen and oxygen atoms in total. The Bertz CT molecular complexity index is 865. The van der Waals surface area contributed by atoms with Crippen LogP contribution in [0.25, 0.3) is 11.1 Å². The molecule has 2 fully saturated rings. The lowest BCUT2D eigenvalue weighted by atomic mass is 9.90. The molecule has 0 radical (unpaired) electrons. The third kappa shape index (κ3) is 4.32. The summed E-state index contributed by atoms with van der Waals surface area (Å²) >= 11 is 0. The van der Waals surface area contributed by atoms with Crippen LogP contribution in [0.5, 0.6) is 0 Å². The number of pyridine rings is 1. The third-order valence-corrected chi connectivity index (χ3v) is 5.61. The number of likely N-dealkylation sites (N-methyl/N-ethyl adjacent to an activating group) is 1. The number of rotatable bonds is 6. The van der Waals surface area contributed by atoms with Crippen LogP contribution in [0.1, 0.15) is 25.3 Å². The van der Waals surface area contributed by atoms with E-state index in [0.29, 0.717) is 32.7 Å². The monoisotopic (exact) mass is 393 g/mol. The molecule has 2 amide bonds. The van der Waals surface area contributed by atoms with Crippen molar-refractivity contribution in [3.05, 3.63) is 54.4 Å². The number of amides is 2.